The second kappa shape index (κ2) is 8.01. The first-order valence-electron chi connectivity index (χ1n) is 12.2. The monoisotopic (exact) mass is 501 g/mol. The lowest BCUT2D eigenvalue weighted by atomic mass is 9.66. The van der Waals surface area contributed by atoms with E-state index < -0.39 is 12.1 Å². The lowest BCUT2D eigenvalue weighted by molar-refractivity contribution is -0.274. The maximum absolute atomic E-state index is 13.0. The molecule has 11 heteroatoms. The Bertz CT molecular complexity index is 1390. The quantitative estimate of drug-likeness (QED) is 0.523. The predicted molar refractivity (Wildman–Crippen MR) is 126 cm³/mol. The number of nitrogen functional groups attached to an aromatic ring is 1. The normalized spacial score (nSPS) is 24.2. The topological polar surface area (TPSA) is 106 Å². The Balaban J connectivity index is 1.18. The molecule has 4 aliphatic rings. The van der Waals surface area contributed by atoms with Gasteiger partial charge in [-0.05, 0) is 73.6 Å². The van der Waals surface area contributed by atoms with Gasteiger partial charge in [0.15, 0.2) is 5.65 Å². The lowest BCUT2D eigenvalue weighted by Crippen LogP contribution is -2.40. The number of benzene rings is 1. The Hall–Kier alpha value is -3.50. The number of hydrogen-bond donors (Lipinski definition) is 2. The fraction of sp³-hybridized carbons (Fsp3) is 0.480. The van der Waals surface area contributed by atoms with E-state index in [9.17, 15) is 22.8 Å². The number of pyridine rings is 1. The van der Waals surface area contributed by atoms with Crippen molar-refractivity contribution in [1.82, 2.24) is 19.4 Å². The Morgan fingerprint density at radius 1 is 1.17 bits per heavy atom. The highest BCUT2D eigenvalue weighted by Crippen LogP contribution is 2.59. The van der Waals surface area contributed by atoms with Crippen LogP contribution in [0.2, 0.25) is 0 Å². The average Bonchev–Trinajstić information content (AvgIpc) is 3.50. The molecule has 3 saturated carbocycles. The van der Waals surface area contributed by atoms with Gasteiger partial charge >= 0.3 is 12.1 Å². The number of nitrogens with two attached hydrogens (primary N) is 1. The number of halogens is 3. The van der Waals surface area contributed by atoms with Crippen molar-refractivity contribution in [1.29, 1.82) is 0 Å². The summed E-state index contributed by atoms with van der Waals surface area (Å²) in [5, 5.41) is 0. The summed E-state index contributed by atoms with van der Waals surface area (Å²) in [5.74, 6) is -0.0190. The number of likely N-dealkylation sites (tertiary alicyclic amines) is 1. The van der Waals surface area contributed by atoms with Crippen molar-refractivity contribution in [3.63, 3.8) is 0 Å². The molecule has 8 nitrogen and oxygen atoms in total. The maximum atomic E-state index is 13.0. The van der Waals surface area contributed by atoms with Crippen LogP contribution in [0.15, 0.2) is 35.3 Å². The molecule has 3 aliphatic carbocycles. The van der Waals surface area contributed by atoms with Crippen LogP contribution in [-0.4, -0.2) is 44.8 Å². The number of nitrogens with zero attached hydrogens (tertiary/aromatic N) is 3. The molecule has 0 unspecified atom stereocenters. The van der Waals surface area contributed by atoms with Crippen LogP contribution in [0.3, 0.4) is 0 Å². The third-order valence-electron chi connectivity index (χ3n) is 8.18. The molecule has 190 valence electrons. The number of piperidine rings is 1. The molecule has 0 spiro atoms. The van der Waals surface area contributed by atoms with Crippen LogP contribution in [-0.2, 0) is 5.41 Å². The molecule has 1 amide bonds. The van der Waals surface area contributed by atoms with Gasteiger partial charge in [0.1, 0.15) is 5.75 Å². The molecule has 1 aliphatic heterocycles. The molecule has 0 atom stereocenters. The second-order valence-corrected chi connectivity index (χ2v) is 10.3. The molecule has 1 aromatic carbocycles. The van der Waals surface area contributed by atoms with Gasteiger partial charge in [-0.3, -0.25) is 14.3 Å². The van der Waals surface area contributed by atoms with Crippen LogP contribution in [0.5, 0.6) is 5.75 Å². The van der Waals surface area contributed by atoms with E-state index in [4.69, 9.17) is 5.73 Å². The second-order valence-electron chi connectivity index (χ2n) is 10.3. The molecule has 36 heavy (non-hydrogen) atoms. The molecule has 1 saturated heterocycles. The van der Waals surface area contributed by atoms with E-state index in [1.54, 1.807) is 9.47 Å². The predicted octanol–water partition coefficient (Wildman–Crippen LogP) is 4.12. The van der Waals surface area contributed by atoms with E-state index in [2.05, 4.69) is 20.8 Å². The number of aromatic amines is 1. The van der Waals surface area contributed by atoms with Crippen LogP contribution in [0, 0.1) is 5.92 Å². The number of ether oxygens (including phenoxy) is 1. The van der Waals surface area contributed by atoms with Gasteiger partial charge in [-0.2, -0.15) is 0 Å². The van der Waals surface area contributed by atoms with Gasteiger partial charge in [0, 0.05) is 37.1 Å². The zero-order chi connectivity index (χ0) is 25.2. The SMILES string of the molecule is Nc1cc(OC(F)(F)F)ccc1C(=O)N1CCC(n2c(=O)[nH]c3ncc(C45CCC(C4)C5)cc32)CC1. The minimum atomic E-state index is -4.84. The van der Waals surface area contributed by atoms with Gasteiger partial charge in [0.05, 0.1) is 11.1 Å². The smallest absolute Gasteiger partial charge is 0.406 e. The number of rotatable bonds is 4. The molecule has 7 rings (SSSR count). The number of H-pyrrole nitrogens is 1. The van der Waals surface area contributed by atoms with Gasteiger partial charge in [-0.15, -0.1) is 13.2 Å². The van der Waals surface area contributed by atoms with Gasteiger partial charge in [-0.1, -0.05) is 0 Å². The lowest BCUT2D eigenvalue weighted by Gasteiger charge is -2.39. The van der Waals surface area contributed by atoms with Crippen LogP contribution in [0.1, 0.15) is 60.5 Å². The summed E-state index contributed by atoms with van der Waals surface area (Å²) in [6, 6.07) is 5.34. The summed E-state index contributed by atoms with van der Waals surface area (Å²) in [5.41, 5.74) is 8.48. The van der Waals surface area contributed by atoms with Crippen LogP contribution in [0.4, 0.5) is 18.9 Å². The molecule has 3 heterocycles. The van der Waals surface area contributed by atoms with Crippen LogP contribution < -0.4 is 16.2 Å². The highest BCUT2D eigenvalue weighted by Gasteiger charge is 2.51. The Morgan fingerprint density at radius 2 is 1.92 bits per heavy atom. The Kier molecular flexibility index (Phi) is 5.10. The van der Waals surface area contributed by atoms with Gasteiger partial charge in [-0.25, -0.2) is 9.78 Å². The number of carbonyl (C=O) groups excluding carboxylic acids is 1. The molecule has 0 radical (unpaired) electrons. The van der Waals surface area contributed by atoms with Crippen LogP contribution in [0.25, 0.3) is 11.2 Å². The van der Waals surface area contributed by atoms with E-state index >= 15 is 0 Å². The summed E-state index contributed by atoms with van der Waals surface area (Å²) < 4.78 is 43.0. The Morgan fingerprint density at radius 3 is 2.56 bits per heavy atom. The number of alkyl halides is 3. The first-order chi connectivity index (χ1) is 17.1. The third kappa shape index (κ3) is 3.81. The van der Waals surface area contributed by atoms with E-state index in [0.29, 0.717) is 31.6 Å². The van der Waals surface area contributed by atoms with Crippen molar-refractivity contribution in [2.24, 2.45) is 5.92 Å². The number of amides is 1. The van der Waals surface area contributed by atoms with E-state index in [1.165, 1.54) is 37.3 Å². The highest BCUT2D eigenvalue weighted by molar-refractivity contribution is 5.99. The van der Waals surface area contributed by atoms with Crippen LogP contribution >= 0.6 is 0 Å². The first-order valence-corrected chi connectivity index (χ1v) is 12.2. The number of nitrogens with one attached hydrogen (secondary N) is 1. The molecular formula is C25H26F3N5O3. The summed E-state index contributed by atoms with van der Waals surface area (Å²) in [6.07, 6.45) is 3.01. The number of carbonyl (C=O) groups is 1. The number of hydrogen-bond acceptors (Lipinski definition) is 5. The molecule has 4 fully saturated rings. The highest BCUT2D eigenvalue weighted by atomic mass is 19.4. The van der Waals surface area contributed by atoms with E-state index in [0.717, 1.165) is 23.6 Å². The van der Waals surface area contributed by atoms with E-state index in [-0.39, 0.29) is 34.3 Å². The average molecular weight is 502 g/mol. The van der Waals surface area contributed by atoms with Crippen molar-refractivity contribution >= 4 is 22.8 Å². The fourth-order valence-corrected chi connectivity index (χ4v) is 6.40. The first kappa shape index (κ1) is 22.9. The summed E-state index contributed by atoms with van der Waals surface area (Å²) >= 11 is 0. The minimum absolute atomic E-state index is 0.0835. The maximum Gasteiger partial charge on any atom is 0.573 e. The zero-order valence-corrected chi connectivity index (χ0v) is 19.5. The number of anilines is 1. The standard InChI is InChI=1S/C25H26F3N5O3/c26-25(27,28)36-17-1-2-18(19(29)10-17)22(34)32-7-4-16(5-8-32)33-20-9-15(13-30-21(20)31-23(33)35)24-6-3-14(11-24)12-24/h1-2,9-10,13-14,16H,3-8,11-12,29H2,(H,30,31,35). The fourth-order valence-electron chi connectivity index (χ4n) is 6.40. The molecular weight excluding hydrogens is 475 g/mol. The summed E-state index contributed by atoms with van der Waals surface area (Å²) in [7, 11) is 0. The number of fused-ring (bicyclic) bond motifs is 2. The largest absolute Gasteiger partial charge is 0.573 e. The van der Waals surface area contributed by atoms with Crippen molar-refractivity contribution in [3.05, 3.63) is 52.1 Å². The van der Waals surface area contributed by atoms with Crippen molar-refractivity contribution in [2.45, 2.75) is 56.3 Å². The van der Waals surface area contributed by atoms with Gasteiger partial charge in [0.25, 0.3) is 5.91 Å². The number of aromatic nitrogens is 3. The third-order valence-corrected chi connectivity index (χ3v) is 8.18. The van der Waals surface area contributed by atoms with E-state index in [1.807, 2.05) is 6.20 Å². The molecule has 2 bridgehead atoms. The summed E-state index contributed by atoms with van der Waals surface area (Å²) in [6.45, 7) is 0.781. The molecule has 2 aromatic heterocycles. The zero-order valence-electron chi connectivity index (χ0n) is 19.5. The van der Waals surface area contributed by atoms with Gasteiger partial charge < -0.3 is 15.4 Å². The summed E-state index contributed by atoms with van der Waals surface area (Å²) in [4.78, 5) is 34.9. The molecule has 3 N–H and O–H groups in total. The van der Waals surface area contributed by atoms with Crippen molar-refractivity contribution < 1.29 is 22.7 Å². The van der Waals surface area contributed by atoms with Crippen molar-refractivity contribution in [3.8, 4) is 5.75 Å². The molecule has 3 aromatic rings. The van der Waals surface area contributed by atoms with Crippen molar-refractivity contribution in [2.75, 3.05) is 18.8 Å². The Labute approximate surface area is 204 Å². The number of imidazole rings is 1. The van der Waals surface area contributed by atoms with Gasteiger partial charge in [0.2, 0.25) is 0 Å². The minimum Gasteiger partial charge on any atom is -0.406 e.